The van der Waals surface area contributed by atoms with E-state index < -0.39 is 0 Å². The van der Waals surface area contributed by atoms with Crippen LogP contribution in [0.5, 0.6) is 0 Å². The molecule has 0 aromatic heterocycles. The van der Waals surface area contributed by atoms with E-state index in [1.165, 1.54) is 0 Å². The van der Waals surface area contributed by atoms with Gasteiger partial charge in [-0.05, 0) is 31.1 Å². The standard InChI is InChI=1S/C14H14N2O2/c1-10(12-6-4-3-5-7-12)8-9-13-14(15-17)11(2)16-18-13/h3-9,17H,1-2H3/b10-8+,13-9+,15-14+. The largest absolute Gasteiger partial charge is 0.410 e. The minimum absolute atomic E-state index is 0.368. The van der Waals surface area contributed by atoms with Crippen molar-refractivity contribution in [3.8, 4) is 0 Å². The first kappa shape index (κ1) is 12.1. The Labute approximate surface area is 106 Å². The van der Waals surface area contributed by atoms with E-state index in [0.29, 0.717) is 17.2 Å². The van der Waals surface area contributed by atoms with Crippen LogP contribution in [0.2, 0.25) is 0 Å². The van der Waals surface area contributed by atoms with Gasteiger partial charge in [0.15, 0.2) is 11.5 Å². The van der Waals surface area contributed by atoms with Crippen LogP contribution < -0.4 is 0 Å². The Kier molecular flexibility index (Phi) is 3.57. The summed E-state index contributed by atoms with van der Waals surface area (Å²) in [6.07, 6.45) is 3.65. The van der Waals surface area contributed by atoms with Crippen molar-refractivity contribution in [2.24, 2.45) is 10.3 Å². The normalized spacial score (nSPS) is 20.1. The number of hydrogen-bond acceptors (Lipinski definition) is 4. The van der Waals surface area contributed by atoms with Crippen molar-refractivity contribution in [3.05, 3.63) is 53.8 Å². The minimum Gasteiger partial charge on any atom is -0.410 e. The molecule has 1 N–H and O–H groups in total. The molecule has 4 heteroatoms. The number of allylic oxidation sites excluding steroid dienone is 4. The highest BCUT2D eigenvalue weighted by Crippen LogP contribution is 2.16. The summed E-state index contributed by atoms with van der Waals surface area (Å²) < 4.78 is 0. The van der Waals surface area contributed by atoms with E-state index in [-0.39, 0.29) is 0 Å². The third-order valence-electron chi connectivity index (χ3n) is 2.67. The molecule has 0 bridgehead atoms. The predicted molar refractivity (Wildman–Crippen MR) is 71.6 cm³/mol. The van der Waals surface area contributed by atoms with Crippen molar-refractivity contribution < 1.29 is 10.0 Å². The predicted octanol–water partition coefficient (Wildman–Crippen LogP) is 3.21. The van der Waals surface area contributed by atoms with Crippen molar-refractivity contribution in [1.82, 2.24) is 0 Å². The summed E-state index contributed by atoms with van der Waals surface area (Å²) in [6, 6.07) is 10.0. The number of benzene rings is 1. The maximum absolute atomic E-state index is 8.85. The summed E-state index contributed by atoms with van der Waals surface area (Å²) in [7, 11) is 0. The van der Waals surface area contributed by atoms with Crippen LogP contribution in [0.3, 0.4) is 0 Å². The molecule has 1 aromatic rings. The molecule has 0 aliphatic carbocycles. The Bertz CT molecular complexity index is 554. The zero-order valence-electron chi connectivity index (χ0n) is 10.3. The van der Waals surface area contributed by atoms with Gasteiger partial charge in [0.25, 0.3) is 0 Å². The summed E-state index contributed by atoms with van der Waals surface area (Å²) in [4.78, 5) is 5.07. The third-order valence-corrected chi connectivity index (χ3v) is 2.67. The van der Waals surface area contributed by atoms with Crippen LogP contribution in [0.4, 0.5) is 0 Å². The van der Waals surface area contributed by atoms with Gasteiger partial charge in [0.05, 0.1) is 0 Å². The zero-order valence-corrected chi connectivity index (χ0v) is 10.3. The van der Waals surface area contributed by atoms with Crippen LogP contribution in [0, 0.1) is 0 Å². The zero-order chi connectivity index (χ0) is 13.0. The summed E-state index contributed by atoms with van der Waals surface area (Å²) >= 11 is 0. The van der Waals surface area contributed by atoms with Gasteiger partial charge < -0.3 is 10.0 Å². The van der Waals surface area contributed by atoms with Crippen LogP contribution in [0.1, 0.15) is 19.4 Å². The molecular formula is C14H14N2O2. The molecular weight excluding hydrogens is 228 g/mol. The molecule has 18 heavy (non-hydrogen) atoms. The molecule has 1 aliphatic rings. The molecule has 1 aromatic carbocycles. The van der Waals surface area contributed by atoms with Gasteiger partial charge in [-0.1, -0.05) is 46.7 Å². The molecule has 2 rings (SSSR count). The maximum atomic E-state index is 8.85. The molecule has 1 aliphatic heterocycles. The lowest BCUT2D eigenvalue weighted by atomic mass is 10.1. The van der Waals surface area contributed by atoms with Crippen molar-refractivity contribution in [2.75, 3.05) is 0 Å². The molecule has 1 heterocycles. The first-order valence-corrected chi connectivity index (χ1v) is 5.61. The second-order valence-electron chi connectivity index (χ2n) is 3.96. The van der Waals surface area contributed by atoms with E-state index in [4.69, 9.17) is 10.0 Å². The van der Waals surface area contributed by atoms with Gasteiger partial charge in [-0.2, -0.15) is 0 Å². The Morgan fingerprint density at radius 3 is 2.72 bits per heavy atom. The summed E-state index contributed by atoms with van der Waals surface area (Å²) in [5.74, 6) is 0.449. The molecule has 92 valence electrons. The summed E-state index contributed by atoms with van der Waals surface area (Å²) in [6.45, 7) is 3.73. The van der Waals surface area contributed by atoms with Crippen LogP contribution in [0.15, 0.2) is 58.6 Å². The Morgan fingerprint density at radius 1 is 1.33 bits per heavy atom. The van der Waals surface area contributed by atoms with Crippen molar-refractivity contribution in [1.29, 1.82) is 0 Å². The molecule has 0 radical (unpaired) electrons. The highest BCUT2D eigenvalue weighted by Gasteiger charge is 2.20. The van der Waals surface area contributed by atoms with Crippen molar-refractivity contribution >= 4 is 17.0 Å². The molecule has 0 saturated heterocycles. The lowest BCUT2D eigenvalue weighted by Gasteiger charge is -1.99. The van der Waals surface area contributed by atoms with E-state index in [2.05, 4.69) is 10.3 Å². The fourth-order valence-corrected chi connectivity index (χ4v) is 1.61. The fraction of sp³-hybridized carbons (Fsp3) is 0.143. The van der Waals surface area contributed by atoms with Crippen molar-refractivity contribution in [3.63, 3.8) is 0 Å². The second kappa shape index (κ2) is 5.31. The molecule has 0 saturated carbocycles. The lowest BCUT2D eigenvalue weighted by Crippen LogP contribution is -2.06. The molecule has 0 spiro atoms. The second-order valence-corrected chi connectivity index (χ2v) is 3.96. The van der Waals surface area contributed by atoms with Crippen LogP contribution in [0.25, 0.3) is 5.57 Å². The highest BCUT2D eigenvalue weighted by molar-refractivity contribution is 6.47. The summed E-state index contributed by atoms with van der Waals surface area (Å²) in [5.41, 5.74) is 3.16. The topological polar surface area (TPSA) is 54.2 Å². The third kappa shape index (κ3) is 2.48. The average molecular weight is 242 g/mol. The number of hydrogen-bond donors (Lipinski definition) is 1. The van der Waals surface area contributed by atoms with E-state index in [1.54, 1.807) is 13.0 Å². The van der Waals surface area contributed by atoms with E-state index in [9.17, 15) is 0 Å². The number of nitrogens with zero attached hydrogens (tertiary/aromatic N) is 2. The number of rotatable bonds is 2. The first-order chi connectivity index (χ1) is 8.72. The van der Waals surface area contributed by atoms with Crippen LogP contribution in [-0.4, -0.2) is 16.6 Å². The summed E-state index contributed by atoms with van der Waals surface area (Å²) in [5, 5.41) is 15.8. The van der Waals surface area contributed by atoms with Gasteiger partial charge in [-0.25, -0.2) is 0 Å². The molecule has 0 fully saturated rings. The van der Waals surface area contributed by atoms with Gasteiger partial charge in [0.2, 0.25) is 0 Å². The Balaban J connectivity index is 2.21. The fourth-order valence-electron chi connectivity index (χ4n) is 1.61. The van der Waals surface area contributed by atoms with Crippen LogP contribution >= 0.6 is 0 Å². The highest BCUT2D eigenvalue weighted by atomic mass is 16.6. The van der Waals surface area contributed by atoms with Gasteiger partial charge >= 0.3 is 0 Å². The molecule has 0 amide bonds. The Hall–Kier alpha value is -2.36. The molecule has 0 unspecified atom stereocenters. The number of oxime groups is 2. The molecule has 0 atom stereocenters. The van der Waals surface area contributed by atoms with Crippen molar-refractivity contribution in [2.45, 2.75) is 13.8 Å². The Morgan fingerprint density at radius 2 is 2.06 bits per heavy atom. The van der Waals surface area contributed by atoms with E-state index in [1.807, 2.05) is 43.3 Å². The maximum Gasteiger partial charge on any atom is 0.188 e. The van der Waals surface area contributed by atoms with Gasteiger partial charge in [-0.15, -0.1) is 0 Å². The van der Waals surface area contributed by atoms with Gasteiger partial charge in [0.1, 0.15) is 5.71 Å². The van der Waals surface area contributed by atoms with E-state index in [0.717, 1.165) is 11.1 Å². The monoisotopic (exact) mass is 242 g/mol. The minimum atomic E-state index is 0.368. The van der Waals surface area contributed by atoms with Crippen LogP contribution in [-0.2, 0) is 4.84 Å². The van der Waals surface area contributed by atoms with E-state index >= 15 is 0 Å². The van der Waals surface area contributed by atoms with Gasteiger partial charge in [-0.3, -0.25) is 0 Å². The lowest BCUT2D eigenvalue weighted by molar-refractivity contribution is 0.255. The van der Waals surface area contributed by atoms with Gasteiger partial charge in [0, 0.05) is 0 Å². The first-order valence-electron chi connectivity index (χ1n) is 5.61. The SMILES string of the molecule is CC1=NOC(=C/C=C(\C)c2ccccc2)/C1=N/O. The smallest absolute Gasteiger partial charge is 0.188 e. The quantitative estimate of drug-likeness (QED) is 0.639. The molecule has 4 nitrogen and oxygen atoms in total. The average Bonchev–Trinajstić information content (AvgIpc) is 2.77.